The number of aliphatic hydroxyl groups excluding tert-OH is 4. The molecule has 5 N–H and O–H groups in total. The van der Waals surface area contributed by atoms with E-state index in [2.05, 4.69) is 6.92 Å². The zero-order valence-corrected chi connectivity index (χ0v) is 18.4. The Morgan fingerprint density at radius 1 is 0.633 bits per heavy atom. The van der Waals surface area contributed by atoms with Gasteiger partial charge >= 0.3 is 11.9 Å². The van der Waals surface area contributed by atoms with Crippen molar-refractivity contribution in [2.24, 2.45) is 0 Å². The summed E-state index contributed by atoms with van der Waals surface area (Å²) >= 11 is 0. The van der Waals surface area contributed by atoms with Gasteiger partial charge in [-0.05, 0) is 6.42 Å². The number of aliphatic hydroxyl groups is 4. The van der Waals surface area contributed by atoms with Crippen LogP contribution in [0.3, 0.4) is 0 Å². The lowest BCUT2D eigenvalue weighted by atomic mass is 10.0. The number of ether oxygens (including phenoxy) is 1. The van der Waals surface area contributed by atoms with Gasteiger partial charge in [0.1, 0.15) is 12.2 Å². The van der Waals surface area contributed by atoms with E-state index >= 15 is 0 Å². The number of carbonyl (C=O) groups excluding carboxylic acids is 1. The van der Waals surface area contributed by atoms with Crippen LogP contribution in [-0.4, -0.2) is 68.5 Å². The maximum atomic E-state index is 11.6. The molecule has 8 nitrogen and oxygen atoms in total. The van der Waals surface area contributed by atoms with Crippen LogP contribution < -0.4 is 0 Å². The molecular formula is C22H42O8. The first-order valence-electron chi connectivity index (χ1n) is 11.4. The van der Waals surface area contributed by atoms with E-state index in [1.54, 1.807) is 0 Å². The van der Waals surface area contributed by atoms with Crippen LogP contribution >= 0.6 is 0 Å². The Balaban J connectivity index is 3.59. The second-order valence-electron chi connectivity index (χ2n) is 7.97. The molecule has 178 valence electrons. The van der Waals surface area contributed by atoms with Gasteiger partial charge in [-0.3, -0.25) is 0 Å². The van der Waals surface area contributed by atoms with Crippen LogP contribution in [0.15, 0.2) is 0 Å². The standard InChI is InChI=1S/C22H42O8/c1-2-3-4-5-6-7-8-9-10-11-12-13-14-15-16-30-22(29)20(26)18(24)17(23)19(25)21(27)28/h17-20,23-26H,2-16H2,1H3,(H,27,28)/t17-,18+,19+,20-/m1/s1. The first-order chi connectivity index (χ1) is 14.3. The Hall–Kier alpha value is -1.22. The fourth-order valence-corrected chi connectivity index (χ4v) is 3.21. The molecule has 0 aromatic rings. The van der Waals surface area contributed by atoms with Gasteiger partial charge in [0.25, 0.3) is 0 Å². The zero-order valence-electron chi connectivity index (χ0n) is 18.4. The lowest BCUT2D eigenvalue weighted by molar-refractivity contribution is -0.176. The molecule has 0 aromatic carbocycles. The lowest BCUT2D eigenvalue weighted by Crippen LogP contribution is -2.50. The van der Waals surface area contributed by atoms with E-state index in [4.69, 9.17) is 14.9 Å². The number of unbranched alkanes of at least 4 members (excludes halogenated alkanes) is 13. The molecule has 0 rings (SSSR count). The van der Waals surface area contributed by atoms with Crippen LogP contribution in [0.25, 0.3) is 0 Å². The average molecular weight is 435 g/mol. The highest BCUT2D eigenvalue weighted by molar-refractivity contribution is 5.76. The zero-order chi connectivity index (χ0) is 22.8. The van der Waals surface area contributed by atoms with Crippen molar-refractivity contribution in [1.29, 1.82) is 0 Å². The fraction of sp³-hybridized carbons (Fsp3) is 0.909. The smallest absolute Gasteiger partial charge is 0.337 e. The summed E-state index contributed by atoms with van der Waals surface area (Å²) < 4.78 is 4.83. The van der Waals surface area contributed by atoms with E-state index in [0.717, 1.165) is 19.3 Å². The van der Waals surface area contributed by atoms with Gasteiger partial charge in [-0.2, -0.15) is 0 Å². The van der Waals surface area contributed by atoms with Crippen molar-refractivity contribution < 1.29 is 39.9 Å². The van der Waals surface area contributed by atoms with Crippen molar-refractivity contribution in [3.05, 3.63) is 0 Å². The molecule has 0 fully saturated rings. The Bertz CT molecular complexity index is 443. The second-order valence-corrected chi connectivity index (χ2v) is 7.97. The van der Waals surface area contributed by atoms with Crippen molar-refractivity contribution in [1.82, 2.24) is 0 Å². The topological polar surface area (TPSA) is 145 Å². The van der Waals surface area contributed by atoms with Gasteiger partial charge in [-0.25, -0.2) is 9.59 Å². The largest absolute Gasteiger partial charge is 0.479 e. The third-order valence-corrected chi connectivity index (χ3v) is 5.23. The van der Waals surface area contributed by atoms with Gasteiger partial charge in [0, 0.05) is 0 Å². The summed E-state index contributed by atoms with van der Waals surface area (Å²) in [7, 11) is 0. The Morgan fingerprint density at radius 3 is 1.40 bits per heavy atom. The Kier molecular flexibility index (Phi) is 17.8. The third kappa shape index (κ3) is 13.9. The van der Waals surface area contributed by atoms with Crippen LogP contribution in [0.1, 0.15) is 96.8 Å². The molecular weight excluding hydrogens is 392 g/mol. The van der Waals surface area contributed by atoms with Crippen molar-refractivity contribution >= 4 is 11.9 Å². The molecule has 0 heterocycles. The van der Waals surface area contributed by atoms with Crippen molar-refractivity contribution in [3.63, 3.8) is 0 Å². The molecule has 0 radical (unpaired) electrons. The summed E-state index contributed by atoms with van der Waals surface area (Å²) in [5, 5.41) is 46.3. The molecule has 0 bridgehead atoms. The predicted molar refractivity (Wildman–Crippen MR) is 113 cm³/mol. The van der Waals surface area contributed by atoms with E-state index in [1.807, 2.05) is 0 Å². The van der Waals surface area contributed by atoms with Gasteiger partial charge < -0.3 is 30.3 Å². The second kappa shape index (κ2) is 18.5. The van der Waals surface area contributed by atoms with Crippen LogP contribution in [0.2, 0.25) is 0 Å². The molecule has 0 saturated heterocycles. The average Bonchev–Trinajstić information content (AvgIpc) is 2.73. The Morgan fingerprint density at radius 2 is 1.00 bits per heavy atom. The highest BCUT2D eigenvalue weighted by atomic mass is 16.5. The SMILES string of the molecule is CCCCCCCCCCCCCCCCOC(=O)[C@H](O)[C@@H](O)[C@@H](O)[C@H](O)C(=O)O. The van der Waals surface area contributed by atoms with Gasteiger partial charge in [0.2, 0.25) is 0 Å². The molecule has 0 unspecified atom stereocenters. The van der Waals surface area contributed by atoms with Gasteiger partial charge in [0.05, 0.1) is 6.61 Å². The molecule has 0 saturated carbocycles. The van der Waals surface area contributed by atoms with Crippen molar-refractivity contribution in [2.45, 2.75) is 121 Å². The molecule has 0 spiro atoms. The maximum Gasteiger partial charge on any atom is 0.337 e. The number of carboxylic acid groups (broad SMARTS) is 1. The summed E-state index contributed by atoms with van der Waals surface area (Å²) in [4.78, 5) is 22.2. The van der Waals surface area contributed by atoms with Gasteiger partial charge in [0.15, 0.2) is 12.2 Å². The Labute approximate surface area is 180 Å². The van der Waals surface area contributed by atoms with Crippen LogP contribution in [0, 0.1) is 0 Å². The predicted octanol–water partition coefficient (Wildman–Crippen LogP) is 2.54. The minimum atomic E-state index is -2.31. The van der Waals surface area contributed by atoms with Crippen LogP contribution in [0.5, 0.6) is 0 Å². The number of hydrogen-bond acceptors (Lipinski definition) is 7. The molecule has 0 aliphatic heterocycles. The van der Waals surface area contributed by atoms with E-state index in [9.17, 15) is 24.9 Å². The minimum absolute atomic E-state index is 0.0677. The quantitative estimate of drug-likeness (QED) is 0.145. The van der Waals surface area contributed by atoms with E-state index in [-0.39, 0.29) is 6.61 Å². The van der Waals surface area contributed by atoms with Crippen molar-refractivity contribution in [2.75, 3.05) is 6.61 Å². The molecule has 30 heavy (non-hydrogen) atoms. The molecule has 0 aliphatic rings. The molecule has 0 aromatic heterocycles. The normalized spacial score (nSPS) is 15.4. The number of rotatable bonds is 20. The monoisotopic (exact) mass is 434 g/mol. The first kappa shape index (κ1) is 28.8. The summed E-state index contributed by atoms with van der Waals surface area (Å²) in [5.41, 5.74) is 0. The molecule has 0 amide bonds. The van der Waals surface area contributed by atoms with Crippen LogP contribution in [-0.2, 0) is 14.3 Å². The fourth-order valence-electron chi connectivity index (χ4n) is 3.21. The highest BCUT2D eigenvalue weighted by Gasteiger charge is 2.38. The number of carboxylic acids is 1. The molecule has 8 heteroatoms. The molecule has 0 aliphatic carbocycles. The third-order valence-electron chi connectivity index (χ3n) is 5.23. The highest BCUT2D eigenvalue weighted by Crippen LogP contribution is 2.13. The van der Waals surface area contributed by atoms with Crippen molar-refractivity contribution in [3.8, 4) is 0 Å². The maximum absolute atomic E-state index is 11.6. The summed E-state index contributed by atoms with van der Waals surface area (Å²) in [6.45, 7) is 2.30. The van der Waals surface area contributed by atoms with Crippen LogP contribution in [0.4, 0.5) is 0 Å². The lowest BCUT2D eigenvalue weighted by Gasteiger charge is -2.23. The number of esters is 1. The molecule has 4 atom stereocenters. The summed E-state index contributed by atoms with van der Waals surface area (Å²) in [6.07, 6.45) is 7.96. The minimum Gasteiger partial charge on any atom is -0.479 e. The number of hydrogen-bond donors (Lipinski definition) is 5. The van der Waals surface area contributed by atoms with E-state index in [0.29, 0.717) is 6.42 Å². The number of carbonyl (C=O) groups is 2. The first-order valence-corrected chi connectivity index (χ1v) is 11.4. The summed E-state index contributed by atoms with van der Waals surface area (Å²) in [5.74, 6) is -2.93. The van der Waals surface area contributed by atoms with E-state index in [1.165, 1.54) is 64.2 Å². The van der Waals surface area contributed by atoms with Gasteiger partial charge in [-0.1, -0.05) is 90.4 Å². The van der Waals surface area contributed by atoms with Gasteiger partial charge in [-0.15, -0.1) is 0 Å². The number of aliphatic carboxylic acids is 1. The van der Waals surface area contributed by atoms with E-state index < -0.39 is 36.4 Å². The summed E-state index contributed by atoms with van der Waals surface area (Å²) in [6, 6.07) is 0.